The van der Waals surface area contributed by atoms with Crippen LogP contribution in [0.15, 0.2) is 0 Å². The maximum Gasteiger partial charge on any atom is 0.324 e. The fourth-order valence-electron chi connectivity index (χ4n) is 2.99. The lowest BCUT2D eigenvalue weighted by Gasteiger charge is -2.37. The highest BCUT2D eigenvalue weighted by molar-refractivity contribution is 5.76. The number of nitrogens with zero attached hydrogens (tertiary/aromatic N) is 2. The molecule has 1 unspecified atom stereocenters. The van der Waals surface area contributed by atoms with E-state index in [2.05, 4.69) is 29.1 Å². The van der Waals surface area contributed by atoms with Crippen LogP contribution >= 0.6 is 0 Å². The van der Waals surface area contributed by atoms with Crippen molar-refractivity contribution in [2.24, 2.45) is 0 Å². The van der Waals surface area contributed by atoms with E-state index in [0.29, 0.717) is 12.1 Å². The number of carbonyl (C=O) groups is 1. The van der Waals surface area contributed by atoms with E-state index in [0.717, 1.165) is 13.1 Å². The molecule has 2 fully saturated rings. The Hall–Kier alpha value is -0.650. The fourth-order valence-corrected chi connectivity index (χ4v) is 2.99. The van der Waals surface area contributed by atoms with Crippen molar-refractivity contribution in [1.82, 2.24) is 15.1 Å². The Balaban J connectivity index is 1.81. The van der Waals surface area contributed by atoms with E-state index < -0.39 is 0 Å². The molecule has 0 bridgehead atoms. The monoisotopic (exact) mass is 283 g/mol. The van der Waals surface area contributed by atoms with Crippen molar-refractivity contribution in [3.05, 3.63) is 0 Å². The molecule has 2 rings (SSSR count). The molecule has 20 heavy (non-hydrogen) atoms. The van der Waals surface area contributed by atoms with Crippen molar-refractivity contribution in [3.8, 4) is 0 Å². The predicted octanol–water partition coefficient (Wildman–Crippen LogP) is 0.696. The lowest BCUT2D eigenvalue weighted by Crippen LogP contribution is -2.51. The van der Waals surface area contributed by atoms with Gasteiger partial charge in [0.05, 0.1) is 7.11 Å². The summed E-state index contributed by atoms with van der Waals surface area (Å²) in [4.78, 5) is 16.7. The molecule has 1 aliphatic heterocycles. The zero-order valence-corrected chi connectivity index (χ0v) is 13.1. The first-order valence-electron chi connectivity index (χ1n) is 7.90. The van der Waals surface area contributed by atoms with Crippen LogP contribution in [-0.2, 0) is 9.53 Å². The molecular weight excluding hydrogens is 254 g/mol. The van der Waals surface area contributed by atoms with Gasteiger partial charge in [0.15, 0.2) is 0 Å². The molecule has 116 valence electrons. The van der Waals surface area contributed by atoms with Crippen molar-refractivity contribution in [1.29, 1.82) is 0 Å². The average Bonchev–Trinajstić information content (AvgIpc) is 3.29. The summed E-state index contributed by atoms with van der Waals surface area (Å²) in [6, 6.07) is 0.933. The van der Waals surface area contributed by atoms with Gasteiger partial charge < -0.3 is 19.9 Å². The summed E-state index contributed by atoms with van der Waals surface area (Å²) in [6.45, 7) is 6.45. The summed E-state index contributed by atoms with van der Waals surface area (Å²) in [5.74, 6) is -0.130. The molecule has 2 aliphatic rings. The van der Waals surface area contributed by atoms with Gasteiger partial charge in [-0.15, -0.1) is 0 Å². The van der Waals surface area contributed by atoms with Crippen molar-refractivity contribution in [2.45, 2.75) is 50.7 Å². The quantitative estimate of drug-likeness (QED) is 0.697. The number of nitrogens with one attached hydrogen (secondary N) is 1. The Bertz CT molecular complexity index is 312. The molecule has 1 saturated carbocycles. The summed E-state index contributed by atoms with van der Waals surface area (Å²) in [5, 5.41) is 3.40. The minimum atomic E-state index is -0.179. The van der Waals surface area contributed by atoms with Gasteiger partial charge in [-0.1, -0.05) is 6.92 Å². The molecule has 0 aromatic rings. The number of carbonyl (C=O) groups excluding carboxylic acids is 1. The molecule has 5 heteroatoms. The summed E-state index contributed by atoms with van der Waals surface area (Å²) < 4.78 is 4.93. The van der Waals surface area contributed by atoms with Crippen LogP contribution in [-0.4, -0.2) is 74.2 Å². The fraction of sp³-hybridized carbons (Fsp3) is 0.933. The molecule has 0 aromatic carbocycles. The summed E-state index contributed by atoms with van der Waals surface area (Å²) >= 11 is 0. The van der Waals surface area contributed by atoms with Gasteiger partial charge in [-0.25, -0.2) is 0 Å². The van der Waals surface area contributed by atoms with Crippen LogP contribution in [0.25, 0.3) is 0 Å². The van der Waals surface area contributed by atoms with Crippen molar-refractivity contribution in [2.75, 3.05) is 40.3 Å². The molecule has 0 spiro atoms. The van der Waals surface area contributed by atoms with Crippen LogP contribution in [0.3, 0.4) is 0 Å². The predicted molar refractivity (Wildman–Crippen MR) is 79.7 cm³/mol. The van der Waals surface area contributed by atoms with Crippen molar-refractivity contribution >= 4 is 5.97 Å². The van der Waals surface area contributed by atoms with E-state index in [-0.39, 0.29) is 12.0 Å². The number of ether oxygens (including phenoxy) is 1. The Morgan fingerprint density at radius 3 is 2.50 bits per heavy atom. The largest absolute Gasteiger partial charge is 0.468 e. The molecule has 0 amide bonds. The van der Waals surface area contributed by atoms with E-state index in [4.69, 9.17) is 4.74 Å². The second-order valence-corrected chi connectivity index (χ2v) is 6.12. The van der Waals surface area contributed by atoms with Gasteiger partial charge in [-0.2, -0.15) is 0 Å². The lowest BCUT2D eigenvalue weighted by molar-refractivity contribution is -0.143. The van der Waals surface area contributed by atoms with E-state index in [1.807, 2.05) is 0 Å². The van der Waals surface area contributed by atoms with Gasteiger partial charge in [-0.3, -0.25) is 4.79 Å². The number of esters is 1. The summed E-state index contributed by atoms with van der Waals surface area (Å²) in [7, 11) is 3.61. The third-order valence-electron chi connectivity index (χ3n) is 4.60. The maximum atomic E-state index is 11.9. The van der Waals surface area contributed by atoms with Crippen LogP contribution in [0.2, 0.25) is 0 Å². The van der Waals surface area contributed by atoms with Crippen LogP contribution < -0.4 is 5.32 Å². The van der Waals surface area contributed by atoms with Crippen LogP contribution in [0, 0.1) is 0 Å². The Kier molecular flexibility index (Phi) is 5.81. The van der Waals surface area contributed by atoms with Crippen molar-refractivity contribution < 1.29 is 9.53 Å². The van der Waals surface area contributed by atoms with Gasteiger partial charge >= 0.3 is 5.97 Å². The first kappa shape index (κ1) is 15.7. The Morgan fingerprint density at radius 2 is 2.00 bits per heavy atom. The molecule has 1 heterocycles. The number of likely N-dealkylation sites (tertiary alicyclic amines) is 1. The number of hydrogen-bond acceptors (Lipinski definition) is 5. The van der Waals surface area contributed by atoms with Crippen LogP contribution in [0.5, 0.6) is 0 Å². The Morgan fingerprint density at radius 1 is 1.35 bits per heavy atom. The van der Waals surface area contributed by atoms with Crippen LogP contribution in [0.4, 0.5) is 0 Å². The molecule has 1 saturated heterocycles. The number of hydrogen-bond donors (Lipinski definition) is 1. The van der Waals surface area contributed by atoms with E-state index in [1.165, 1.54) is 45.9 Å². The number of piperidine rings is 1. The van der Waals surface area contributed by atoms with Crippen LogP contribution in [0.1, 0.15) is 32.6 Å². The second-order valence-electron chi connectivity index (χ2n) is 6.12. The van der Waals surface area contributed by atoms with Gasteiger partial charge in [0.1, 0.15) is 6.04 Å². The van der Waals surface area contributed by atoms with Gasteiger partial charge in [0.2, 0.25) is 0 Å². The first-order valence-corrected chi connectivity index (χ1v) is 7.90. The normalized spacial score (nSPS) is 23.0. The van der Waals surface area contributed by atoms with E-state index >= 15 is 0 Å². The summed E-state index contributed by atoms with van der Waals surface area (Å²) in [5.41, 5.74) is 0. The summed E-state index contributed by atoms with van der Waals surface area (Å²) in [6.07, 6.45) is 4.77. The van der Waals surface area contributed by atoms with Gasteiger partial charge in [0.25, 0.3) is 0 Å². The average molecular weight is 283 g/mol. The smallest absolute Gasteiger partial charge is 0.324 e. The number of likely N-dealkylation sites (N-methyl/N-ethyl adjacent to an activating group) is 1. The highest BCUT2D eigenvalue weighted by atomic mass is 16.5. The minimum Gasteiger partial charge on any atom is -0.468 e. The molecule has 1 atom stereocenters. The standard InChI is InChI=1S/C15H29N3O2/c1-4-18-9-7-13(8-10-18)17(2)11-14(15(19)20-3)16-12-5-6-12/h12-14,16H,4-11H2,1-3H3. The molecule has 0 radical (unpaired) electrons. The maximum absolute atomic E-state index is 11.9. The van der Waals surface area contributed by atoms with Gasteiger partial charge in [0, 0.05) is 18.6 Å². The molecular formula is C15H29N3O2. The topological polar surface area (TPSA) is 44.8 Å². The van der Waals surface area contributed by atoms with Gasteiger partial charge in [-0.05, 0) is 52.4 Å². The molecule has 0 aromatic heterocycles. The number of methoxy groups -OCH3 is 1. The highest BCUT2D eigenvalue weighted by Crippen LogP contribution is 2.21. The third kappa shape index (κ3) is 4.43. The van der Waals surface area contributed by atoms with Crippen molar-refractivity contribution in [3.63, 3.8) is 0 Å². The zero-order valence-electron chi connectivity index (χ0n) is 13.1. The lowest BCUT2D eigenvalue weighted by atomic mass is 10.0. The number of rotatable bonds is 7. The van der Waals surface area contributed by atoms with E-state index in [1.54, 1.807) is 0 Å². The zero-order chi connectivity index (χ0) is 14.5. The highest BCUT2D eigenvalue weighted by Gasteiger charge is 2.31. The molecule has 1 aliphatic carbocycles. The SMILES string of the molecule is CCN1CCC(N(C)CC(NC2CC2)C(=O)OC)CC1. The second kappa shape index (κ2) is 7.38. The third-order valence-corrected chi connectivity index (χ3v) is 4.60. The minimum absolute atomic E-state index is 0.130. The van der Waals surface area contributed by atoms with E-state index in [9.17, 15) is 4.79 Å². The Labute approximate surface area is 122 Å². The first-order chi connectivity index (χ1) is 9.63. The molecule has 1 N–H and O–H groups in total. The molecule has 5 nitrogen and oxygen atoms in total.